The number of hydrogen-bond donors (Lipinski definition) is 1. The maximum atomic E-state index is 12.1. The van der Waals surface area contributed by atoms with Gasteiger partial charge in [0.05, 0.1) is 6.10 Å². The van der Waals surface area contributed by atoms with Crippen LogP contribution in [0.1, 0.15) is 29.0 Å². The zero-order valence-electron chi connectivity index (χ0n) is 12.9. The summed E-state index contributed by atoms with van der Waals surface area (Å²) in [5.41, 5.74) is 1.58. The highest BCUT2D eigenvalue weighted by atomic mass is 16.5. The van der Waals surface area contributed by atoms with Crippen molar-refractivity contribution in [2.45, 2.75) is 25.9 Å². The van der Waals surface area contributed by atoms with Gasteiger partial charge in [-0.2, -0.15) is 5.10 Å². The molecule has 0 saturated carbocycles. The Morgan fingerprint density at radius 3 is 2.77 bits per heavy atom. The Balaban J connectivity index is 1.65. The molecule has 1 saturated heterocycles. The van der Waals surface area contributed by atoms with E-state index in [1.165, 1.54) is 0 Å². The van der Waals surface area contributed by atoms with Crippen molar-refractivity contribution in [3.05, 3.63) is 35.7 Å². The zero-order valence-corrected chi connectivity index (χ0v) is 12.9. The molecule has 1 aliphatic heterocycles. The van der Waals surface area contributed by atoms with Gasteiger partial charge in [0.15, 0.2) is 5.82 Å². The van der Waals surface area contributed by atoms with Gasteiger partial charge in [0.2, 0.25) is 0 Å². The van der Waals surface area contributed by atoms with Crippen LogP contribution in [0.2, 0.25) is 0 Å². The van der Waals surface area contributed by atoms with Crippen molar-refractivity contribution in [2.24, 2.45) is 7.05 Å². The van der Waals surface area contributed by atoms with Crippen LogP contribution in [0.4, 0.5) is 0 Å². The minimum Gasteiger partial charge on any atom is -0.376 e. The van der Waals surface area contributed by atoms with Crippen molar-refractivity contribution in [1.29, 1.82) is 0 Å². The molecule has 22 heavy (non-hydrogen) atoms. The molecule has 3 rings (SSSR count). The zero-order chi connectivity index (χ0) is 15.5. The molecule has 1 aliphatic rings. The van der Waals surface area contributed by atoms with Gasteiger partial charge >= 0.3 is 0 Å². The van der Waals surface area contributed by atoms with E-state index in [0.717, 1.165) is 36.7 Å². The van der Waals surface area contributed by atoms with Crippen LogP contribution in [0.25, 0.3) is 11.4 Å². The lowest BCUT2D eigenvalue weighted by Gasteiger charge is -2.11. The molecule has 1 amide bonds. The number of amides is 1. The van der Waals surface area contributed by atoms with E-state index in [4.69, 9.17) is 4.74 Å². The maximum absolute atomic E-state index is 12.1. The Hall–Kier alpha value is -2.21. The third kappa shape index (κ3) is 3.17. The Morgan fingerprint density at radius 1 is 1.41 bits per heavy atom. The van der Waals surface area contributed by atoms with Gasteiger partial charge in [-0.15, -0.1) is 0 Å². The molecule has 0 bridgehead atoms. The van der Waals surface area contributed by atoms with Crippen LogP contribution >= 0.6 is 0 Å². The third-order valence-corrected chi connectivity index (χ3v) is 3.79. The maximum Gasteiger partial charge on any atom is 0.251 e. The van der Waals surface area contributed by atoms with E-state index in [2.05, 4.69) is 15.4 Å². The van der Waals surface area contributed by atoms with E-state index >= 15 is 0 Å². The number of carbonyl (C=O) groups excluding carboxylic acids is 1. The predicted octanol–water partition coefficient (Wildman–Crippen LogP) is 1.70. The molecule has 1 aromatic heterocycles. The first-order chi connectivity index (χ1) is 10.6. The Kier molecular flexibility index (Phi) is 4.20. The summed E-state index contributed by atoms with van der Waals surface area (Å²) < 4.78 is 7.24. The highest BCUT2D eigenvalue weighted by Gasteiger charge is 2.16. The largest absolute Gasteiger partial charge is 0.376 e. The smallest absolute Gasteiger partial charge is 0.251 e. The summed E-state index contributed by atoms with van der Waals surface area (Å²) in [6.07, 6.45) is 2.25. The fourth-order valence-corrected chi connectivity index (χ4v) is 2.65. The summed E-state index contributed by atoms with van der Waals surface area (Å²) in [5.74, 6) is 1.45. The molecule has 0 aliphatic carbocycles. The van der Waals surface area contributed by atoms with E-state index in [1.54, 1.807) is 4.68 Å². The Labute approximate surface area is 129 Å². The molecule has 1 fully saturated rings. The van der Waals surface area contributed by atoms with Crippen molar-refractivity contribution in [3.8, 4) is 11.4 Å². The Morgan fingerprint density at radius 2 is 2.18 bits per heavy atom. The molecule has 2 heterocycles. The summed E-state index contributed by atoms with van der Waals surface area (Å²) in [6.45, 7) is 3.23. The molecule has 1 atom stereocenters. The average Bonchev–Trinajstić information content (AvgIpc) is 3.14. The topological polar surface area (TPSA) is 69.0 Å². The number of nitrogens with zero attached hydrogens (tertiary/aromatic N) is 3. The molecule has 116 valence electrons. The number of hydrogen-bond acceptors (Lipinski definition) is 4. The first-order valence-corrected chi connectivity index (χ1v) is 7.51. The van der Waals surface area contributed by atoms with E-state index in [0.29, 0.717) is 12.1 Å². The normalized spacial score (nSPS) is 17.6. The molecule has 0 spiro atoms. The van der Waals surface area contributed by atoms with E-state index < -0.39 is 0 Å². The van der Waals surface area contributed by atoms with E-state index in [-0.39, 0.29) is 12.0 Å². The molecular formula is C16H20N4O2. The van der Waals surface area contributed by atoms with Crippen molar-refractivity contribution in [2.75, 3.05) is 13.2 Å². The van der Waals surface area contributed by atoms with Gasteiger partial charge in [0.25, 0.3) is 5.91 Å². The lowest BCUT2D eigenvalue weighted by molar-refractivity contribution is 0.0858. The van der Waals surface area contributed by atoms with Crippen LogP contribution in [0.3, 0.4) is 0 Å². The fraction of sp³-hybridized carbons (Fsp3) is 0.438. The van der Waals surface area contributed by atoms with Crippen molar-refractivity contribution < 1.29 is 9.53 Å². The van der Waals surface area contributed by atoms with Crippen LogP contribution in [0, 0.1) is 6.92 Å². The minimum atomic E-state index is -0.0730. The third-order valence-electron chi connectivity index (χ3n) is 3.79. The van der Waals surface area contributed by atoms with Crippen LogP contribution in [-0.4, -0.2) is 39.9 Å². The first kappa shape index (κ1) is 14.7. The second kappa shape index (κ2) is 6.27. The number of ether oxygens (including phenoxy) is 1. The monoisotopic (exact) mass is 300 g/mol. The number of rotatable bonds is 4. The number of benzene rings is 1. The summed E-state index contributed by atoms with van der Waals surface area (Å²) in [4.78, 5) is 16.5. The van der Waals surface area contributed by atoms with Crippen LogP contribution in [0.5, 0.6) is 0 Å². The van der Waals surface area contributed by atoms with Gasteiger partial charge in [-0.25, -0.2) is 9.67 Å². The molecule has 1 aromatic carbocycles. The highest BCUT2D eigenvalue weighted by Crippen LogP contribution is 2.17. The molecule has 2 aromatic rings. The Bertz CT molecular complexity index is 657. The fourth-order valence-electron chi connectivity index (χ4n) is 2.65. The van der Waals surface area contributed by atoms with Crippen LogP contribution < -0.4 is 5.32 Å². The molecule has 0 unspecified atom stereocenters. The van der Waals surface area contributed by atoms with Gasteiger partial charge in [0.1, 0.15) is 5.82 Å². The standard InChI is InChI=1S/C16H20N4O2/c1-11-18-15(20(2)19-11)12-5-7-13(8-6-12)16(21)17-10-14-4-3-9-22-14/h5-8,14H,3-4,9-10H2,1-2H3,(H,17,21)/t14-/m1/s1. The summed E-state index contributed by atoms with van der Waals surface area (Å²) in [7, 11) is 1.86. The van der Waals surface area contributed by atoms with Gasteiger partial charge in [-0.05, 0) is 31.9 Å². The lowest BCUT2D eigenvalue weighted by Crippen LogP contribution is -2.31. The second-order valence-corrected chi connectivity index (χ2v) is 5.53. The number of nitrogens with one attached hydrogen (secondary N) is 1. The minimum absolute atomic E-state index is 0.0730. The molecule has 0 radical (unpaired) electrons. The average molecular weight is 300 g/mol. The number of aromatic nitrogens is 3. The lowest BCUT2D eigenvalue weighted by atomic mass is 10.1. The second-order valence-electron chi connectivity index (χ2n) is 5.53. The van der Waals surface area contributed by atoms with Crippen molar-refractivity contribution in [3.63, 3.8) is 0 Å². The van der Waals surface area contributed by atoms with Gasteiger partial charge in [0, 0.05) is 31.3 Å². The van der Waals surface area contributed by atoms with Crippen molar-refractivity contribution in [1.82, 2.24) is 20.1 Å². The van der Waals surface area contributed by atoms with Gasteiger partial charge < -0.3 is 10.1 Å². The van der Waals surface area contributed by atoms with E-state index in [1.807, 2.05) is 38.2 Å². The number of aryl methyl sites for hydroxylation is 2. The summed E-state index contributed by atoms with van der Waals surface area (Å²) >= 11 is 0. The molecular weight excluding hydrogens is 280 g/mol. The summed E-state index contributed by atoms with van der Waals surface area (Å²) in [5, 5.41) is 7.15. The molecule has 6 heteroatoms. The predicted molar refractivity (Wildman–Crippen MR) is 82.5 cm³/mol. The first-order valence-electron chi connectivity index (χ1n) is 7.51. The SMILES string of the molecule is Cc1nc(-c2ccc(C(=O)NC[C@H]3CCCO3)cc2)n(C)n1. The van der Waals surface area contributed by atoms with Gasteiger partial charge in [-0.1, -0.05) is 12.1 Å². The van der Waals surface area contributed by atoms with Crippen LogP contribution in [0.15, 0.2) is 24.3 Å². The van der Waals surface area contributed by atoms with Crippen molar-refractivity contribution >= 4 is 5.91 Å². The van der Waals surface area contributed by atoms with Gasteiger partial charge in [-0.3, -0.25) is 4.79 Å². The highest BCUT2D eigenvalue weighted by molar-refractivity contribution is 5.94. The van der Waals surface area contributed by atoms with E-state index in [9.17, 15) is 4.79 Å². The van der Waals surface area contributed by atoms with Crippen LogP contribution in [-0.2, 0) is 11.8 Å². The molecule has 6 nitrogen and oxygen atoms in total. The quantitative estimate of drug-likeness (QED) is 0.933. The number of carbonyl (C=O) groups is 1. The molecule has 1 N–H and O–H groups in total. The summed E-state index contributed by atoms with van der Waals surface area (Å²) in [6, 6.07) is 7.41.